The molecule has 1 rings (SSSR count). The first-order chi connectivity index (χ1) is 5.74. The molecule has 0 heterocycles. The molecule has 4 nitrogen and oxygen atoms in total. The second-order valence-electron chi connectivity index (χ2n) is 2.37. The van der Waals surface area contributed by atoms with Gasteiger partial charge in [-0.05, 0) is 18.2 Å². The van der Waals surface area contributed by atoms with Crippen molar-refractivity contribution in [3.05, 3.63) is 18.2 Å². The lowest BCUT2D eigenvalue weighted by Crippen LogP contribution is -2.04. The number of rotatable bonds is 3. The molecule has 13 heavy (non-hydrogen) atoms. The number of aliphatic hydroxyl groups is 1. The molecule has 0 bridgehead atoms. The number of ether oxygens (including phenoxy) is 1. The van der Waals surface area contributed by atoms with E-state index in [4.69, 9.17) is 21.3 Å². The molecule has 0 aromatic heterocycles. The number of nitrogens with two attached hydrogens (primary N) is 2. The largest absolute Gasteiger partial charge is 0.489 e. The van der Waals surface area contributed by atoms with Crippen molar-refractivity contribution in [1.29, 1.82) is 0 Å². The first-order valence-electron chi connectivity index (χ1n) is 3.62. The van der Waals surface area contributed by atoms with Crippen LogP contribution in [0.2, 0.25) is 0 Å². The molecular weight excluding hydrogens is 192 g/mol. The Morgan fingerprint density at radius 1 is 1.31 bits per heavy atom. The van der Waals surface area contributed by atoms with Gasteiger partial charge in [0.2, 0.25) is 0 Å². The Hall–Kier alpha value is -1.13. The van der Waals surface area contributed by atoms with Crippen molar-refractivity contribution in [3.8, 4) is 5.75 Å². The van der Waals surface area contributed by atoms with Crippen molar-refractivity contribution in [1.82, 2.24) is 0 Å². The van der Waals surface area contributed by atoms with E-state index in [0.29, 0.717) is 17.1 Å². The molecule has 74 valence electrons. The lowest BCUT2D eigenvalue weighted by atomic mass is 10.2. The molecule has 0 unspecified atom stereocenters. The van der Waals surface area contributed by atoms with Gasteiger partial charge < -0.3 is 21.3 Å². The summed E-state index contributed by atoms with van der Waals surface area (Å²) in [6, 6.07) is 5.00. The van der Waals surface area contributed by atoms with Crippen molar-refractivity contribution in [2.24, 2.45) is 0 Å². The molecule has 5 N–H and O–H groups in total. The number of anilines is 2. The number of hydrogen-bond donors (Lipinski definition) is 3. The summed E-state index contributed by atoms with van der Waals surface area (Å²) in [6.45, 7) is 0.220. The van der Waals surface area contributed by atoms with Gasteiger partial charge in [-0.1, -0.05) is 0 Å². The van der Waals surface area contributed by atoms with E-state index in [0.717, 1.165) is 0 Å². The minimum absolute atomic E-state index is 0. The topological polar surface area (TPSA) is 81.5 Å². The first kappa shape index (κ1) is 11.9. The highest BCUT2D eigenvalue weighted by molar-refractivity contribution is 5.85. The van der Waals surface area contributed by atoms with Crippen molar-refractivity contribution in [2.75, 3.05) is 24.7 Å². The van der Waals surface area contributed by atoms with Gasteiger partial charge in [-0.15, -0.1) is 12.4 Å². The van der Waals surface area contributed by atoms with Gasteiger partial charge in [-0.25, -0.2) is 0 Å². The summed E-state index contributed by atoms with van der Waals surface area (Å²) in [6.07, 6.45) is 0. The van der Waals surface area contributed by atoms with Crippen LogP contribution in [-0.4, -0.2) is 18.3 Å². The highest BCUT2D eigenvalue weighted by atomic mass is 35.5. The van der Waals surface area contributed by atoms with Gasteiger partial charge in [0.05, 0.1) is 12.3 Å². The Morgan fingerprint density at radius 3 is 2.54 bits per heavy atom. The fraction of sp³-hybridized carbons (Fsp3) is 0.250. The van der Waals surface area contributed by atoms with E-state index in [2.05, 4.69) is 0 Å². The quantitative estimate of drug-likeness (QED) is 0.632. The summed E-state index contributed by atoms with van der Waals surface area (Å²) in [5.74, 6) is 0.554. The Kier molecular flexibility index (Phi) is 5.03. The fourth-order valence-electron chi connectivity index (χ4n) is 0.854. The van der Waals surface area contributed by atoms with Gasteiger partial charge in [0.1, 0.15) is 12.4 Å². The van der Waals surface area contributed by atoms with Gasteiger partial charge in [0, 0.05) is 5.69 Å². The second-order valence-corrected chi connectivity index (χ2v) is 2.37. The van der Waals surface area contributed by atoms with Gasteiger partial charge in [0.15, 0.2) is 0 Å². The van der Waals surface area contributed by atoms with Gasteiger partial charge in [-0.2, -0.15) is 0 Å². The van der Waals surface area contributed by atoms with E-state index in [1.165, 1.54) is 0 Å². The van der Waals surface area contributed by atoms with E-state index in [1.54, 1.807) is 18.2 Å². The van der Waals surface area contributed by atoms with E-state index in [1.807, 2.05) is 0 Å². The number of halogens is 1. The van der Waals surface area contributed by atoms with Crippen LogP contribution >= 0.6 is 12.4 Å². The zero-order chi connectivity index (χ0) is 8.97. The summed E-state index contributed by atoms with van der Waals surface area (Å²) in [5, 5.41) is 8.48. The zero-order valence-electron chi connectivity index (χ0n) is 7.06. The van der Waals surface area contributed by atoms with E-state index in [-0.39, 0.29) is 25.6 Å². The predicted molar refractivity (Wildman–Crippen MR) is 55.1 cm³/mol. The van der Waals surface area contributed by atoms with Crippen LogP contribution in [0.4, 0.5) is 11.4 Å². The van der Waals surface area contributed by atoms with Crippen LogP contribution in [0.1, 0.15) is 0 Å². The SMILES string of the molecule is Cl.Nc1ccc(OCCO)c(N)c1. The Labute approximate surface area is 82.9 Å². The summed E-state index contributed by atoms with van der Waals surface area (Å²) >= 11 is 0. The van der Waals surface area contributed by atoms with Crippen LogP contribution in [0.3, 0.4) is 0 Å². The lowest BCUT2D eigenvalue weighted by molar-refractivity contribution is 0.202. The molecule has 0 aliphatic heterocycles. The van der Waals surface area contributed by atoms with Crippen molar-refractivity contribution in [3.63, 3.8) is 0 Å². The molecule has 1 aromatic carbocycles. The smallest absolute Gasteiger partial charge is 0.142 e. The van der Waals surface area contributed by atoms with Gasteiger partial charge in [-0.3, -0.25) is 0 Å². The standard InChI is InChI=1S/C8H12N2O2.ClH/c9-6-1-2-8(7(10)5-6)12-4-3-11;/h1-2,5,11H,3-4,9-10H2;1H. The molecule has 0 aliphatic carbocycles. The minimum Gasteiger partial charge on any atom is -0.489 e. The predicted octanol–water partition coefficient (Wildman–Crippen LogP) is 0.644. The molecule has 0 fully saturated rings. The third-order valence-corrected chi connectivity index (χ3v) is 1.38. The van der Waals surface area contributed by atoms with E-state index >= 15 is 0 Å². The normalized spacial score (nSPS) is 9.00. The number of hydrogen-bond acceptors (Lipinski definition) is 4. The molecule has 0 amide bonds. The molecule has 0 saturated carbocycles. The molecule has 0 atom stereocenters. The summed E-state index contributed by atoms with van der Waals surface area (Å²) in [7, 11) is 0. The Balaban J connectivity index is 0.00000144. The van der Waals surface area contributed by atoms with Gasteiger partial charge in [0.25, 0.3) is 0 Å². The molecule has 1 aromatic rings. The molecule has 5 heteroatoms. The summed E-state index contributed by atoms with van der Waals surface area (Å²) in [4.78, 5) is 0. The highest BCUT2D eigenvalue weighted by Gasteiger charge is 1.98. The van der Waals surface area contributed by atoms with Crippen LogP contribution in [0, 0.1) is 0 Å². The van der Waals surface area contributed by atoms with Crippen LogP contribution in [0.25, 0.3) is 0 Å². The van der Waals surface area contributed by atoms with Crippen molar-refractivity contribution >= 4 is 23.8 Å². The average molecular weight is 205 g/mol. The maximum atomic E-state index is 8.48. The molecule has 0 spiro atoms. The van der Waals surface area contributed by atoms with Crippen molar-refractivity contribution in [2.45, 2.75) is 0 Å². The van der Waals surface area contributed by atoms with Crippen molar-refractivity contribution < 1.29 is 9.84 Å². The number of aliphatic hydroxyl groups excluding tert-OH is 1. The molecule has 0 saturated heterocycles. The van der Waals surface area contributed by atoms with Crippen LogP contribution in [0.5, 0.6) is 5.75 Å². The van der Waals surface area contributed by atoms with Gasteiger partial charge >= 0.3 is 0 Å². The first-order valence-corrected chi connectivity index (χ1v) is 3.62. The summed E-state index contributed by atoms with van der Waals surface area (Å²) in [5.41, 5.74) is 12.1. The fourth-order valence-corrected chi connectivity index (χ4v) is 0.854. The Morgan fingerprint density at radius 2 is 2.00 bits per heavy atom. The van der Waals surface area contributed by atoms with Crippen LogP contribution < -0.4 is 16.2 Å². The number of benzene rings is 1. The highest BCUT2D eigenvalue weighted by Crippen LogP contribution is 2.23. The maximum Gasteiger partial charge on any atom is 0.142 e. The number of nitrogen functional groups attached to an aromatic ring is 2. The maximum absolute atomic E-state index is 8.48. The summed E-state index contributed by atoms with van der Waals surface area (Å²) < 4.78 is 5.11. The lowest BCUT2D eigenvalue weighted by Gasteiger charge is -2.07. The van der Waals surface area contributed by atoms with Crippen LogP contribution in [0.15, 0.2) is 18.2 Å². The Bertz CT molecular complexity index is 268. The average Bonchev–Trinajstić information content (AvgIpc) is 2.03. The van der Waals surface area contributed by atoms with E-state index < -0.39 is 0 Å². The minimum atomic E-state index is -0.0240. The zero-order valence-corrected chi connectivity index (χ0v) is 7.88. The third kappa shape index (κ3) is 3.40. The van der Waals surface area contributed by atoms with Crippen LogP contribution in [-0.2, 0) is 0 Å². The third-order valence-electron chi connectivity index (χ3n) is 1.38. The molecular formula is C8H13ClN2O2. The monoisotopic (exact) mass is 204 g/mol. The second kappa shape index (κ2) is 5.50. The molecule has 0 aliphatic rings. The van der Waals surface area contributed by atoms with E-state index in [9.17, 15) is 0 Å². The molecule has 0 radical (unpaired) electrons.